The molecule has 1 aromatic carbocycles. The Morgan fingerprint density at radius 3 is 2.55 bits per heavy atom. The minimum atomic E-state index is 0.618. The van der Waals surface area contributed by atoms with Gasteiger partial charge in [-0.2, -0.15) is 0 Å². The first-order valence-corrected chi connectivity index (χ1v) is 12.1. The number of fused-ring (bicyclic) bond motifs is 1. The molecule has 0 unspecified atom stereocenters. The second kappa shape index (κ2) is 9.31. The maximum absolute atomic E-state index is 6.63. The Morgan fingerprint density at radius 1 is 0.935 bits per heavy atom. The highest BCUT2D eigenvalue weighted by atomic mass is 35.5. The van der Waals surface area contributed by atoms with E-state index in [-0.39, 0.29) is 0 Å². The molecule has 0 saturated carbocycles. The van der Waals surface area contributed by atoms with E-state index in [1.165, 1.54) is 44.6 Å². The van der Waals surface area contributed by atoms with Crippen molar-refractivity contribution < 1.29 is 0 Å². The molecule has 0 radical (unpaired) electrons. The average molecular weight is 441 g/mol. The first-order chi connectivity index (χ1) is 15.2. The molecule has 166 valence electrons. The van der Waals surface area contributed by atoms with Crippen molar-refractivity contribution in [2.75, 3.05) is 75.8 Å². The molecule has 0 N–H and O–H groups in total. The molecule has 0 amide bonds. The summed E-state index contributed by atoms with van der Waals surface area (Å²) in [7, 11) is 2.19. The first-order valence-electron chi connectivity index (χ1n) is 11.7. The van der Waals surface area contributed by atoms with E-state index in [2.05, 4.69) is 55.9 Å². The molecule has 7 heteroatoms. The summed E-state index contributed by atoms with van der Waals surface area (Å²) in [6, 6.07) is 8.62. The summed E-state index contributed by atoms with van der Waals surface area (Å²) >= 11 is 6.63. The molecule has 0 spiro atoms. The van der Waals surface area contributed by atoms with Crippen LogP contribution in [0.4, 0.5) is 11.5 Å². The third-order valence-electron chi connectivity index (χ3n) is 6.94. The molecule has 5 rings (SSSR count). The van der Waals surface area contributed by atoms with E-state index < -0.39 is 0 Å². The molecule has 6 nitrogen and oxygen atoms in total. The van der Waals surface area contributed by atoms with Crippen LogP contribution in [0.2, 0.25) is 5.15 Å². The molecule has 1 aromatic heterocycles. The minimum absolute atomic E-state index is 0.618. The molecule has 0 bridgehead atoms. The standard InChI is InChI=1S/C24H33ClN6/c1-28-14-16-30(17-15-28)20-7-4-6-19(18-20)23-26-22(25)21-8-13-31(24(21)27-23)12-5-11-29-9-2-3-10-29/h4,6-7,18H,2-3,5,8-17H2,1H3. The molecule has 0 atom stereocenters. The fourth-order valence-electron chi connectivity index (χ4n) is 5.02. The van der Waals surface area contributed by atoms with Gasteiger partial charge in [-0.1, -0.05) is 23.7 Å². The lowest BCUT2D eigenvalue weighted by Gasteiger charge is -2.34. The second-order valence-electron chi connectivity index (χ2n) is 9.12. The van der Waals surface area contributed by atoms with Gasteiger partial charge in [0.15, 0.2) is 5.82 Å². The first kappa shape index (κ1) is 21.0. The average Bonchev–Trinajstić information content (AvgIpc) is 3.45. The van der Waals surface area contributed by atoms with Crippen molar-refractivity contribution in [1.82, 2.24) is 19.8 Å². The van der Waals surface area contributed by atoms with Crippen LogP contribution >= 0.6 is 11.6 Å². The summed E-state index contributed by atoms with van der Waals surface area (Å²) in [4.78, 5) is 19.5. The van der Waals surface area contributed by atoms with E-state index >= 15 is 0 Å². The minimum Gasteiger partial charge on any atom is -0.369 e. The van der Waals surface area contributed by atoms with Gasteiger partial charge < -0.3 is 19.6 Å². The molecule has 31 heavy (non-hydrogen) atoms. The van der Waals surface area contributed by atoms with Gasteiger partial charge in [0.1, 0.15) is 11.0 Å². The topological polar surface area (TPSA) is 38.7 Å². The van der Waals surface area contributed by atoms with Crippen LogP contribution in [0.5, 0.6) is 0 Å². The van der Waals surface area contributed by atoms with Crippen molar-refractivity contribution in [3.8, 4) is 11.4 Å². The van der Waals surface area contributed by atoms with Crippen molar-refractivity contribution >= 4 is 23.1 Å². The summed E-state index contributed by atoms with van der Waals surface area (Å²) in [6.07, 6.45) is 4.83. The Morgan fingerprint density at radius 2 is 1.74 bits per heavy atom. The van der Waals surface area contributed by atoms with Crippen LogP contribution in [-0.2, 0) is 6.42 Å². The van der Waals surface area contributed by atoms with Gasteiger partial charge in [0.25, 0.3) is 0 Å². The SMILES string of the molecule is CN1CCN(c2cccc(-c3nc(Cl)c4c(n3)N(CCCN3CCCC3)CC4)c2)CC1. The number of nitrogens with zero attached hydrogens (tertiary/aromatic N) is 6. The number of hydrogen-bond acceptors (Lipinski definition) is 6. The van der Waals surface area contributed by atoms with E-state index in [4.69, 9.17) is 16.6 Å². The molecule has 2 aromatic rings. The Balaban J connectivity index is 1.32. The molecule has 3 aliphatic rings. The van der Waals surface area contributed by atoms with Crippen LogP contribution in [0.15, 0.2) is 24.3 Å². The molecule has 3 aliphatic heterocycles. The number of likely N-dealkylation sites (N-methyl/N-ethyl adjacent to an activating group) is 1. The Bertz CT molecular complexity index is 905. The van der Waals surface area contributed by atoms with Gasteiger partial charge >= 0.3 is 0 Å². The largest absolute Gasteiger partial charge is 0.369 e. The van der Waals surface area contributed by atoms with E-state index in [1.54, 1.807) is 0 Å². The number of piperazine rings is 1. The van der Waals surface area contributed by atoms with E-state index in [0.29, 0.717) is 5.15 Å². The predicted molar refractivity (Wildman–Crippen MR) is 128 cm³/mol. The van der Waals surface area contributed by atoms with Crippen LogP contribution in [0, 0.1) is 0 Å². The summed E-state index contributed by atoms with van der Waals surface area (Å²) in [5.41, 5.74) is 3.40. The van der Waals surface area contributed by atoms with Crippen molar-refractivity contribution in [3.05, 3.63) is 35.0 Å². The van der Waals surface area contributed by atoms with Crippen LogP contribution < -0.4 is 9.80 Å². The van der Waals surface area contributed by atoms with Gasteiger partial charge in [-0.3, -0.25) is 0 Å². The number of hydrogen-bond donors (Lipinski definition) is 0. The number of benzene rings is 1. The van der Waals surface area contributed by atoms with Gasteiger partial charge in [0.05, 0.1) is 0 Å². The van der Waals surface area contributed by atoms with E-state index in [9.17, 15) is 0 Å². The van der Waals surface area contributed by atoms with E-state index in [1.807, 2.05) is 0 Å². The molecule has 4 heterocycles. The number of anilines is 2. The van der Waals surface area contributed by atoms with Crippen LogP contribution in [0.1, 0.15) is 24.8 Å². The summed E-state index contributed by atoms with van der Waals surface area (Å²) in [5, 5.41) is 0.618. The lowest BCUT2D eigenvalue weighted by atomic mass is 10.1. The zero-order chi connectivity index (χ0) is 21.2. The van der Waals surface area contributed by atoms with Crippen molar-refractivity contribution in [1.29, 1.82) is 0 Å². The zero-order valence-electron chi connectivity index (χ0n) is 18.6. The molecule has 2 saturated heterocycles. The fraction of sp³-hybridized carbons (Fsp3) is 0.583. The highest BCUT2D eigenvalue weighted by Gasteiger charge is 2.26. The highest BCUT2D eigenvalue weighted by molar-refractivity contribution is 6.30. The summed E-state index contributed by atoms with van der Waals surface area (Å²) < 4.78 is 0. The molecular formula is C24H33ClN6. The number of rotatable bonds is 6. The maximum atomic E-state index is 6.63. The quantitative estimate of drug-likeness (QED) is 0.641. The van der Waals surface area contributed by atoms with Crippen molar-refractivity contribution in [3.63, 3.8) is 0 Å². The van der Waals surface area contributed by atoms with Gasteiger partial charge in [-0.15, -0.1) is 0 Å². The van der Waals surface area contributed by atoms with Crippen molar-refractivity contribution in [2.24, 2.45) is 0 Å². The van der Waals surface area contributed by atoms with Gasteiger partial charge in [0.2, 0.25) is 0 Å². The third kappa shape index (κ3) is 4.66. The number of halogens is 1. The van der Waals surface area contributed by atoms with Crippen molar-refractivity contribution in [2.45, 2.75) is 25.7 Å². The predicted octanol–water partition coefficient (Wildman–Crippen LogP) is 3.40. The Kier molecular flexibility index (Phi) is 6.30. The monoisotopic (exact) mass is 440 g/mol. The summed E-state index contributed by atoms with van der Waals surface area (Å²) in [6.45, 7) is 10.0. The Labute approximate surface area is 190 Å². The fourth-order valence-corrected chi connectivity index (χ4v) is 5.28. The molecule has 0 aliphatic carbocycles. The lowest BCUT2D eigenvalue weighted by molar-refractivity contribution is 0.313. The molecule has 2 fully saturated rings. The van der Waals surface area contributed by atoms with Crippen LogP contribution in [0.3, 0.4) is 0 Å². The maximum Gasteiger partial charge on any atom is 0.163 e. The number of aromatic nitrogens is 2. The lowest BCUT2D eigenvalue weighted by Crippen LogP contribution is -2.44. The zero-order valence-corrected chi connectivity index (χ0v) is 19.3. The summed E-state index contributed by atoms with van der Waals surface area (Å²) in [5.74, 6) is 1.78. The normalized spacial score (nSPS) is 19.9. The smallest absolute Gasteiger partial charge is 0.163 e. The molecular weight excluding hydrogens is 408 g/mol. The van der Waals surface area contributed by atoms with Crippen LogP contribution in [-0.4, -0.2) is 85.7 Å². The Hall–Kier alpha value is -1.89. The van der Waals surface area contributed by atoms with Gasteiger partial charge in [-0.25, -0.2) is 9.97 Å². The third-order valence-corrected chi connectivity index (χ3v) is 7.25. The van der Waals surface area contributed by atoms with Crippen LogP contribution in [0.25, 0.3) is 11.4 Å². The van der Waals surface area contributed by atoms with Gasteiger partial charge in [0, 0.05) is 56.1 Å². The highest BCUT2D eigenvalue weighted by Crippen LogP contribution is 2.34. The van der Waals surface area contributed by atoms with Gasteiger partial charge in [-0.05, 0) is 64.5 Å². The van der Waals surface area contributed by atoms with E-state index in [0.717, 1.165) is 68.5 Å². The number of likely N-dealkylation sites (tertiary alicyclic amines) is 1. The second-order valence-corrected chi connectivity index (χ2v) is 9.48.